The molecule has 0 spiro atoms. The highest BCUT2D eigenvalue weighted by molar-refractivity contribution is 6.22. The highest BCUT2D eigenvalue weighted by atomic mass is 16.3. The summed E-state index contributed by atoms with van der Waals surface area (Å²) in [6.45, 7) is 0. The van der Waals surface area contributed by atoms with Gasteiger partial charge in [-0.05, 0) is 79.7 Å². The number of para-hydroxylation sites is 3. The van der Waals surface area contributed by atoms with Crippen LogP contribution in [0.1, 0.15) is 0 Å². The lowest BCUT2D eigenvalue weighted by Gasteiger charge is -2.18. The van der Waals surface area contributed by atoms with Gasteiger partial charge in [-0.2, -0.15) is 0 Å². The zero-order valence-corrected chi connectivity index (χ0v) is 28.3. The number of furan rings is 1. The van der Waals surface area contributed by atoms with Gasteiger partial charge < -0.3 is 8.98 Å². The predicted molar refractivity (Wildman–Crippen MR) is 219 cm³/mol. The Bertz CT molecular complexity index is 3050. The van der Waals surface area contributed by atoms with Crippen LogP contribution in [0, 0.1) is 0 Å². The molecule has 0 fully saturated rings. The first-order chi connectivity index (χ1) is 25.8. The minimum absolute atomic E-state index is 0.884. The first kappa shape index (κ1) is 28.9. The van der Waals surface area contributed by atoms with E-state index in [2.05, 4.69) is 187 Å². The molecule has 0 amide bonds. The molecule has 2 aromatic heterocycles. The van der Waals surface area contributed by atoms with Gasteiger partial charge in [-0.15, -0.1) is 0 Å². The van der Waals surface area contributed by atoms with Crippen LogP contribution in [0.15, 0.2) is 192 Å². The molecule has 0 bridgehead atoms. The van der Waals surface area contributed by atoms with Crippen molar-refractivity contribution < 1.29 is 4.42 Å². The van der Waals surface area contributed by atoms with Crippen LogP contribution >= 0.6 is 0 Å². The second-order valence-electron chi connectivity index (χ2n) is 13.6. The van der Waals surface area contributed by atoms with Crippen molar-refractivity contribution in [1.82, 2.24) is 4.57 Å². The van der Waals surface area contributed by atoms with Gasteiger partial charge in [0.25, 0.3) is 0 Å². The molecular weight excluding hydrogens is 631 g/mol. The highest BCUT2D eigenvalue weighted by Gasteiger charge is 2.22. The van der Waals surface area contributed by atoms with Crippen molar-refractivity contribution in [3.8, 4) is 39.1 Å². The molecule has 0 unspecified atom stereocenters. The molecule has 0 saturated carbocycles. The Kier molecular flexibility index (Phi) is 6.28. The Balaban J connectivity index is 1.18. The van der Waals surface area contributed by atoms with Crippen LogP contribution < -0.4 is 0 Å². The fourth-order valence-electron chi connectivity index (χ4n) is 8.60. The first-order valence-electron chi connectivity index (χ1n) is 17.9. The standard InChI is InChI=1S/C50H31NO/c1-2-14-33(15-3-1)47-38-18-4-6-20-40(38)48(41-21-7-5-19-39(41)47)34-28-26-32(27-29-34)35-30-31-46-49(42-22-10-13-25-45(42)52-46)50(35)51-43-23-11-8-16-36(43)37-17-9-12-24-44(37)51/h1-31H. The van der Waals surface area contributed by atoms with Crippen LogP contribution in [-0.2, 0) is 0 Å². The average molecular weight is 662 g/mol. The summed E-state index contributed by atoms with van der Waals surface area (Å²) in [6.07, 6.45) is 0. The number of hydrogen-bond donors (Lipinski definition) is 0. The molecule has 9 aromatic carbocycles. The maximum absolute atomic E-state index is 6.49. The van der Waals surface area contributed by atoms with Gasteiger partial charge in [0.05, 0.1) is 22.1 Å². The molecule has 11 rings (SSSR count). The highest BCUT2D eigenvalue weighted by Crippen LogP contribution is 2.46. The van der Waals surface area contributed by atoms with Gasteiger partial charge in [0.1, 0.15) is 11.2 Å². The number of aromatic nitrogens is 1. The number of nitrogens with zero attached hydrogens (tertiary/aromatic N) is 1. The van der Waals surface area contributed by atoms with Crippen LogP contribution in [0.25, 0.3) is 104 Å². The minimum atomic E-state index is 0.884. The lowest BCUT2D eigenvalue weighted by Crippen LogP contribution is -1.98. The summed E-state index contributed by atoms with van der Waals surface area (Å²) in [5.41, 5.74) is 12.6. The van der Waals surface area contributed by atoms with E-state index in [9.17, 15) is 0 Å². The van der Waals surface area contributed by atoms with Crippen LogP contribution in [0.2, 0.25) is 0 Å². The van der Waals surface area contributed by atoms with E-state index in [0.717, 1.165) is 38.8 Å². The Morgan fingerprint density at radius 3 is 1.33 bits per heavy atom. The van der Waals surface area contributed by atoms with Gasteiger partial charge in [-0.25, -0.2) is 0 Å². The average Bonchev–Trinajstić information content (AvgIpc) is 3.76. The Hall–Kier alpha value is -6.90. The summed E-state index contributed by atoms with van der Waals surface area (Å²) in [5, 5.41) is 9.75. The summed E-state index contributed by atoms with van der Waals surface area (Å²) >= 11 is 0. The molecule has 0 aliphatic rings. The van der Waals surface area contributed by atoms with Crippen molar-refractivity contribution in [2.24, 2.45) is 0 Å². The molecule has 242 valence electrons. The molecule has 0 radical (unpaired) electrons. The van der Waals surface area contributed by atoms with Gasteiger partial charge in [-0.3, -0.25) is 0 Å². The predicted octanol–water partition coefficient (Wildman–Crippen LogP) is 14.0. The first-order valence-corrected chi connectivity index (χ1v) is 17.9. The Morgan fingerprint density at radius 1 is 0.308 bits per heavy atom. The van der Waals surface area contributed by atoms with Gasteiger partial charge in [-0.1, -0.05) is 158 Å². The molecule has 0 N–H and O–H groups in total. The van der Waals surface area contributed by atoms with Gasteiger partial charge >= 0.3 is 0 Å². The summed E-state index contributed by atoms with van der Waals surface area (Å²) in [6, 6.07) is 67.9. The topological polar surface area (TPSA) is 18.1 Å². The Labute approximate surface area is 300 Å². The van der Waals surface area contributed by atoms with E-state index in [-0.39, 0.29) is 0 Å². The van der Waals surface area contributed by atoms with E-state index >= 15 is 0 Å². The SMILES string of the molecule is c1ccc(-c2c3ccccc3c(-c3ccc(-c4ccc5oc6ccccc6c5c4-n4c5ccccc5c5ccccc54)cc3)c3ccccc23)cc1. The molecule has 2 heteroatoms. The molecule has 0 saturated heterocycles. The third-order valence-corrected chi connectivity index (χ3v) is 10.8. The van der Waals surface area contributed by atoms with Crippen LogP contribution in [-0.4, -0.2) is 4.57 Å². The third kappa shape index (κ3) is 4.19. The molecule has 0 atom stereocenters. The third-order valence-electron chi connectivity index (χ3n) is 10.8. The zero-order chi connectivity index (χ0) is 34.2. The molecule has 0 aliphatic heterocycles. The molecule has 0 aliphatic carbocycles. The van der Waals surface area contributed by atoms with Crippen LogP contribution in [0.4, 0.5) is 0 Å². The van der Waals surface area contributed by atoms with Crippen molar-refractivity contribution in [2.45, 2.75) is 0 Å². The van der Waals surface area contributed by atoms with Crippen molar-refractivity contribution >= 4 is 65.3 Å². The fourth-order valence-corrected chi connectivity index (χ4v) is 8.60. The fraction of sp³-hybridized carbons (Fsp3) is 0. The second-order valence-corrected chi connectivity index (χ2v) is 13.6. The smallest absolute Gasteiger partial charge is 0.137 e. The van der Waals surface area contributed by atoms with Crippen molar-refractivity contribution in [3.63, 3.8) is 0 Å². The largest absolute Gasteiger partial charge is 0.456 e. The summed E-state index contributed by atoms with van der Waals surface area (Å²) in [5.74, 6) is 0. The van der Waals surface area contributed by atoms with Gasteiger partial charge in [0.2, 0.25) is 0 Å². The molecular formula is C50H31NO. The number of benzene rings is 9. The van der Waals surface area contributed by atoms with E-state index in [1.807, 2.05) is 6.07 Å². The zero-order valence-electron chi connectivity index (χ0n) is 28.3. The van der Waals surface area contributed by atoms with Crippen molar-refractivity contribution in [1.29, 1.82) is 0 Å². The van der Waals surface area contributed by atoms with E-state index in [4.69, 9.17) is 4.42 Å². The van der Waals surface area contributed by atoms with Gasteiger partial charge in [0.15, 0.2) is 0 Å². The minimum Gasteiger partial charge on any atom is -0.456 e. The van der Waals surface area contributed by atoms with E-state index in [1.165, 1.54) is 65.6 Å². The van der Waals surface area contributed by atoms with E-state index in [1.54, 1.807) is 0 Å². The van der Waals surface area contributed by atoms with Crippen LogP contribution in [0.3, 0.4) is 0 Å². The normalized spacial score (nSPS) is 11.8. The summed E-state index contributed by atoms with van der Waals surface area (Å²) < 4.78 is 8.94. The maximum Gasteiger partial charge on any atom is 0.137 e. The van der Waals surface area contributed by atoms with Gasteiger partial charge in [0, 0.05) is 21.7 Å². The second kappa shape index (κ2) is 11.3. The number of fused-ring (bicyclic) bond motifs is 8. The lowest BCUT2D eigenvalue weighted by molar-refractivity contribution is 0.669. The quantitative estimate of drug-likeness (QED) is 0.172. The number of rotatable bonds is 4. The van der Waals surface area contributed by atoms with Crippen LogP contribution in [0.5, 0.6) is 0 Å². The summed E-state index contributed by atoms with van der Waals surface area (Å²) in [4.78, 5) is 0. The maximum atomic E-state index is 6.49. The van der Waals surface area contributed by atoms with Crippen molar-refractivity contribution in [2.75, 3.05) is 0 Å². The molecule has 11 aromatic rings. The molecule has 2 nitrogen and oxygen atoms in total. The monoisotopic (exact) mass is 661 g/mol. The Morgan fingerprint density at radius 2 is 0.750 bits per heavy atom. The summed E-state index contributed by atoms with van der Waals surface area (Å²) in [7, 11) is 0. The molecule has 52 heavy (non-hydrogen) atoms. The molecule has 2 heterocycles. The van der Waals surface area contributed by atoms with E-state index in [0.29, 0.717) is 0 Å². The van der Waals surface area contributed by atoms with Crippen molar-refractivity contribution in [3.05, 3.63) is 188 Å². The van der Waals surface area contributed by atoms with E-state index < -0.39 is 0 Å². The lowest BCUT2D eigenvalue weighted by atomic mass is 9.85. The number of hydrogen-bond acceptors (Lipinski definition) is 1.